The predicted molar refractivity (Wildman–Crippen MR) is 49.5 cm³/mol. The highest BCUT2D eigenvalue weighted by molar-refractivity contribution is 7.80. The van der Waals surface area contributed by atoms with Gasteiger partial charge in [0.25, 0.3) is 0 Å². The Hall–Kier alpha value is -0.680. The van der Waals surface area contributed by atoms with Crippen molar-refractivity contribution in [2.45, 2.75) is 13.8 Å². The van der Waals surface area contributed by atoms with Gasteiger partial charge in [0.1, 0.15) is 0 Å². The third-order valence-electron chi connectivity index (χ3n) is 0.872. The van der Waals surface area contributed by atoms with Crippen molar-refractivity contribution in [3.05, 3.63) is 0 Å². The van der Waals surface area contributed by atoms with Crippen LogP contribution in [0.15, 0.2) is 5.10 Å². The molecule has 0 radical (unpaired) electrons. The second kappa shape index (κ2) is 6.06. The van der Waals surface area contributed by atoms with E-state index in [2.05, 4.69) is 22.7 Å². The monoisotopic (exact) mass is 175 g/mol. The summed E-state index contributed by atoms with van der Waals surface area (Å²) in [6.45, 7) is 4.95. The molecule has 0 atom stereocenters. The molecule has 0 rings (SSSR count). The minimum atomic E-state index is 0.167. The van der Waals surface area contributed by atoms with Crippen molar-refractivity contribution in [2.75, 3.05) is 13.2 Å². The van der Waals surface area contributed by atoms with Gasteiger partial charge in [-0.2, -0.15) is 5.10 Å². The number of hydrogen-bond acceptors (Lipinski definition) is 3. The van der Waals surface area contributed by atoms with Crippen molar-refractivity contribution in [3.63, 3.8) is 0 Å². The van der Waals surface area contributed by atoms with Crippen LogP contribution in [0.4, 0.5) is 0 Å². The quantitative estimate of drug-likeness (QED) is 0.365. The van der Waals surface area contributed by atoms with Gasteiger partial charge in [0.2, 0.25) is 0 Å². The van der Waals surface area contributed by atoms with E-state index < -0.39 is 0 Å². The van der Waals surface area contributed by atoms with Gasteiger partial charge in [0.05, 0.1) is 12.3 Å². The van der Waals surface area contributed by atoms with Crippen LogP contribution >= 0.6 is 12.2 Å². The summed E-state index contributed by atoms with van der Waals surface area (Å²) in [6.07, 6.45) is 0. The molecule has 3 N–H and O–H groups in total. The Bertz CT molecular complexity index is 158. The standard InChI is InChI=1S/C6H13N3OS/c1-3-10-4-5(2)8-9-6(7)11/h3-4H2,1-2H3,(H3,7,9,11). The summed E-state index contributed by atoms with van der Waals surface area (Å²) in [7, 11) is 0. The third-order valence-corrected chi connectivity index (χ3v) is 0.963. The normalized spacial score (nSPS) is 11.3. The van der Waals surface area contributed by atoms with Crippen LogP contribution in [0, 0.1) is 0 Å². The summed E-state index contributed by atoms with van der Waals surface area (Å²) >= 11 is 4.55. The average molecular weight is 175 g/mol. The van der Waals surface area contributed by atoms with E-state index in [9.17, 15) is 0 Å². The van der Waals surface area contributed by atoms with E-state index in [0.29, 0.717) is 13.2 Å². The van der Waals surface area contributed by atoms with Gasteiger partial charge in [-0.1, -0.05) is 0 Å². The number of hydrogen-bond donors (Lipinski definition) is 2. The van der Waals surface area contributed by atoms with Crippen molar-refractivity contribution in [1.82, 2.24) is 5.43 Å². The molecular formula is C6H13N3OS. The molecule has 0 aromatic heterocycles. The van der Waals surface area contributed by atoms with Gasteiger partial charge in [-0.25, -0.2) is 0 Å². The second-order valence-electron chi connectivity index (χ2n) is 1.96. The molecule has 0 saturated carbocycles. The van der Waals surface area contributed by atoms with Crippen LogP contribution in [0.5, 0.6) is 0 Å². The Labute approximate surface area is 71.8 Å². The third kappa shape index (κ3) is 7.21. The highest BCUT2D eigenvalue weighted by Crippen LogP contribution is 1.78. The molecule has 0 aliphatic rings. The van der Waals surface area contributed by atoms with Crippen molar-refractivity contribution in [2.24, 2.45) is 10.8 Å². The lowest BCUT2D eigenvalue weighted by molar-refractivity contribution is 0.187. The van der Waals surface area contributed by atoms with Gasteiger partial charge in [-0.3, -0.25) is 5.43 Å². The molecule has 0 aliphatic heterocycles. The van der Waals surface area contributed by atoms with E-state index in [1.54, 1.807) is 0 Å². The summed E-state index contributed by atoms with van der Waals surface area (Å²) in [5.41, 5.74) is 8.43. The lowest BCUT2D eigenvalue weighted by Gasteiger charge is -2.00. The van der Waals surface area contributed by atoms with Crippen LogP contribution in [0.25, 0.3) is 0 Å². The molecule has 0 amide bonds. The number of nitrogens with zero attached hydrogens (tertiary/aromatic N) is 1. The molecule has 0 saturated heterocycles. The Balaban J connectivity index is 3.54. The maximum absolute atomic E-state index is 5.14. The zero-order valence-corrected chi connectivity index (χ0v) is 7.57. The van der Waals surface area contributed by atoms with E-state index >= 15 is 0 Å². The van der Waals surface area contributed by atoms with Crippen LogP contribution < -0.4 is 11.2 Å². The fraction of sp³-hybridized carbons (Fsp3) is 0.667. The van der Waals surface area contributed by atoms with Crippen molar-refractivity contribution in [1.29, 1.82) is 0 Å². The van der Waals surface area contributed by atoms with E-state index in [1.807, 2.05) is 13.8 Å². The van der Waals surface area contributed by atoms with Gasteiger partial charge in [0.15, 0.2) is 5.11 Å². The molecular weight excluding hydrogens is 162 g/mol. The van der Waals surface area contributed by atoms with Crippen molar-refractivity contribution in [3.8, 4) is 0 Å². The minimum Gasteiger partial charge on any atom is -0.376 e. The second-order valence-corrected chi connectivity index (χ2v) is 2.40. The van der Waals surface area contributed by atoms with Gasteiger partial charge in [-0.15, -0.1) is 0 Å². The van der Waals surface area contributed by atoms with Crippen LogP contribution in [0.3, 0.4) is 0 Å². The van der Waals surface area contributed by atoms with Crippen LogP contribution in [-0.4, -0.2) is 24.0 Å². The maximum Gasteiger partial charge on any atom is 0.184 e. The highest BCUT2D eigenvalue weighted by Gasteiger charge is 1.89. The average Bonchev–Trinajstić information content (AvgIpc) is 1.97. The number of nitrogens with one attached hydrogen (secondary N) is 1. The van der Waals surface area contributed by atoms with Crippen LogP contribution in [0.1, 0.15) is 13.8 Å². The van der Waals surface area contributed by atoms with Gasteiger partial charge in [-0.05, 0) is 26.1 Å². The molecule has 0 unspecified atom stereocenters. The summed E-state index contributed by atoms with van der Waals surface area (Å²) in [5, 5.41) is 4.00. The molecule has 0 aliphatic carbocycles. The fourth-order valence-corrected chi connectivity index (χ4v) is 0.478. The molecule has 0 fully saturated rings. The Kier molecular flexibility index (Phi) is 5.68. The zero-order valence-electron chi connectivity index (χ0n) is 6.76. The van der Waals surface area contributed by atoms with E-state index in [0.717, 1.165) is 5.71 Å². The number of rotatable bonds is 4. The molecule has 0 heterocycles. The highest BCUT2D eigenvalue weighted by atomic mass is 32.1. The molecule has 0 aromatic rings. The largest absolute Gasteiger partial charge is 0.376 e. The summed E-state index contributed by atoms with van der Waals surface area (Å²) in [6, 6.07) is 0. The number of thiocarbonyl (C=S) groups is 1. The SMILES string of the molecule is CCOCC(C)=NNC(N)=S. The lowest BCUT2D eigenvalue weighted by Crippen LogP contribution is -2.25. The minimum absolute atomic E-state index is 0.167. The van der Waals surface area contributed by atoms with E-state index in [4.69, 9.17) is 10.5 Å². The van der Waals surface area contributed by atoms with Crippen LogP contribution in [-0.2, 0) is 4.74 Å². The lowest BCUT2D eigenvalue weighted by atomic mass is 10.5. The fourth-order valence-electron chi connectivity index (χ4n) is 0.433. The first-order valence-corrected chi connectivity index (χ1v) is 3.74. The molecule has 4 nitrogen and oxygen atoms in total. The molecule has 64 valence electrons. The van der Waals surface area contributed by atoms with E-state index in [1.165, 1.54) is 0 Å². The predicted octanol–water partition coefficient (Wildman–Crippen LogP) is 0.232. The molecule has 5 heteroatoms. The Morgan fingerprint density at radius 1 is 1.73 bits per heavy atom. The Morgan fingerprint density at radius 3 is 2.82 bits per heavy atom. The van der Waals surface area contributed by atoms with E-state index in [-0.39, 0.29) is 5.11 Å². The number of nitrogens with two attached hydrogens (primary N) is 1. The molecule has 0 aromatic carbocycles. The van der Waals surface area contributed by atoms with Crippen molar-refractivity contribution >= 4 is 23.0 Å². The first-order valence-electron chi connectivity index (χ1n) is 3.33. The first kappa shape index (κ1) is 10.3. The van der Waals surface area contributed by atoms with Crippen LogP contribution in [0.2, 0.25) is 0 Å². The molecule has 11 heavy (non-hydrogen) atoms. The number of hydrazone groups is 1. The summed E-state index contributed by atoms with van der Waals surface area (Å²) in [5.74, 6) is 0. The topological polar surface area (TPSA) is 59.6 Å². The zero-order chi connectivity index (χ0) is 8.69. The summed E-state index contributed by atoms with van der Waals surface area (Å²) < 4.78 is 5.07. The van der Waals surface area contributed by atoms with Gasteiger partial charge >= 0.3 is 0 Å². The first-order chi connectivity index (χ1) is 5.16. The smallest absolute Gasteiger partial charge is 0.184 e. The molecule has 0 spiro atoms. The van der Waals surface area contributed by atoms with Gasteiger partial charge < -0.3 is 10.5 Å². The Morgan fingerprint density at radius 2 is 2.36 bits per heavy atom. The number of ether oxygens (including phenoxy) is 1. The maximum atomic E-state index is 5.14. The van der Waals surface area contributed by atoms with Crippen molar-refractivity contribution < 1.29 is 4.74 Å². The van der Waals surface area contributed by atoms with Gasteiger partial charge in [0, 0.05) is 6.61 Å². The summed E-state index contributed by atoms with van der Waals surface area (Å²) in [4.78, 5) is 0. The molecule has 0 bridgehead atoms.